The first-order valence-electron chi connectivity index (χ1n) is 9.53. The van der Waals surface area contributed by atoms with E-state index in [1.54, 1.807) is 0 Å². The Morgan fingerprint density at radius 3 is 2.19 bits per heavy atom. The predicted molar refractivity (Wildman–Crippen MR) is 109 cm³/mol. The molecule has 0 aromatic heterocycles. The molecule has 0 radical (unpaired) electrons. The SMILES string of the molecule is Cc1ccc([C@H](C)N2CCN(c3cc(C)c(C=O)cc3C)CC2)c(C)c1. The average molecular weight is 351 g/mol. The zero-order valence-corrected chi connectivity index (χ0v) is 16.7. The largest absolute Gasteiger partial charge is 0.369 e. The second-order valence-corrected chi connectivity index (χ2v) is 7.67. The van der Waals surface area contributed by atoms with Crippen molar-refractivity contribution < 1.29 is 4.79 Å². The second kappa shape index (κ2) is 7.63. The van der Waals surface area contributed by atoms with Crippen LogP contribution in [0, 0.1) is 27.7 Å². The summed E-state index contributed by atoms with van der Waals surface area (Å²) in [6.07, 6.45) is 0.954. The first-order valence-corrected chi connectivity index (χ1v) is 9.53. The highest BCUT2D eigenvalue weighted by molar-refractivity contribution is 5.79. The molecule has 1 heterocycles. The number of rotatable bonds is 4. The van der Waals surface area contributed by atoms with Crippen LogP contribution < -0.4 is 4.90 Å². The van der Waals surface area contributed by atoms with Crippen LogP contribution in [0.5, 0.6) is 0 Å². The van der Waals surface area contributed by atoms with Crippen molar-refractivity contribution >= 4 is 12.0 Å². The number of carbonyl (C=O) groups excluding carboxylic acids is 1. The van der Waals surface area contributed by atoms with E-state index in [9.17, 15) is 4.79 Å². The quantitative estimate of drug-likeness (QED) is 0.752. The molecule has 2 aromatic carbocycles. The molecule has 3 rings (SSSR count). The molecule has 0 spiro atoms. The van der Waals surface area contributed by atoms with E-state index in [-0.39, 0.29) is 0 Å². The van der Waals surface area contributed by atoms with Crippen LogP contribution in [0.1, 0.15) is 51.1 Å². The molecule has 0 bridgehead atoms. The number of carbonyl (C=O) groups is 1. The van der Waals surface area contributed by atoms with Gasteiger partial charge in [0.2, 0.25) is 0 Å². The minimum absolute atomic E-state index is 0.443. The maximum atomic E-state index is 11.1. The molecular formula is C23H30N2O. The Bertz CT molecular complexity index is 804. The van der Waals surface area contributed by atoms with Gasteiger partial charge in [-0.1, -0.05) is 23.8 Å². The van der Waals surface area contributed by atoms with Gasteiger partial charge in [0.15, 0.2) is 0 Å². The Morgan fingerprint density at radius 1 is 0.885 bits per heavy atom. The molecule has 1 saturated heterocycles. The summed E-state index contributed by atoms with van der Waals surface area (Å²) in [6.45, 7) is 15.0. The molecule has 1 aliphatic heterocycles. The Morgan fingerprint density at radius 2 is 1.58 bits per heavy atom. The fraction of sp³-hybridized carbons (Fsp3) is 0.435. The lowest BCUT2D eigenvalue weighted by Gasteiger charge is -2.40. The van der Waals surface area contributed by atoms with Gasteiger partial charge in [-0.2, -0.15) is 0 Å². The van der Waals surface area contributed by atoms with Crippen LogP contribution in [0.25, 0.3) is 0 Å². The summed E-state index contributed by atoms with van der Waals surface area (Å²) in [6, 6.07) is 11.4. The Labute approximate surface area is 157 Å². The van der Waals surface area contributed by atoms with Gasteiger partial charge in [0.1, 0.15) is 6.29 Å². The third kappa shape index (κ3) is 3.68. The predicted octanol–water partition coefficient (Wildman–Crippen LogP) is 4.62. The summed E-state index contributed by atoms with van der Waals surface area (Å²) in [5.74, 6) is 0. The Hall–Kier alpha value is -2.13. The van der Waals surface area contributed by atoms with Crippen molar-refractivity contribution in [2.24, 2.45) is 0 Å². The molecule has 0 N–H and O–H groups in total. The first kappa shape index (κ1) is 18.7. The van der Waals surface area contributed by atoms with Crippen LogP contribution in [0.2, 0.25) is 0 Å². The van der Waals surface area contributed by atoms with Gasteiger partial charge in [0.05, 0.1) is 0 Å². The lowest BCUT2D eigenvalue weighted by molar-refractivity contribution is 0.112. The maximum absolute atomic E-state index is 11.1. The smallest absolute Gasteiger partial charge is 0.150 e. The van der Waals surface area contributed by atoms with Crippen LogP contribution in [0.3, 0.4) is 0 Å². The lowest BCUT2D eigenvalue weighted by atomic mass is 9.98. The van der Waals surface area contributed by atoms with Crippen molar-refractivity contribution in [3.8, 4) is 0 Å². The van der Waals surface area contributed by atoms with Crippen molar-refractivity contribution in [3.63, 3.8) is 0 Å². The van der Waals surface area contributed by atoms with Crippen LogP contribution in [-0.4, -0.2) is 37.4 Å². The fourth-order valence-corrected chi connectivity index (χ4v) is 4.13. The molecule has 1 atom stereocenters. The van der Waals surface area contributed by atoms with E-state index >= 15 is 0 Å². The van der Waals surface area contributed by atoms with Gasteiger partial charge >= 0.3 is 0 Å². The van der Waals surface area contributed by atoms with Gasteiger partial charge in [-0.05, 0) is 69.0 Å². The van der Waals surface area contributed by atoms with Crippen molar-refractivity contribution in [1.29, 1.82) is 0 Å². The van der Waals surface area contributed by atoms with E-state index in [4.69, 9.17) is 0 Å². The number of benzene rings is 2. The molecule has 26 heavy (non-hydrogen) atoms. The zero-order chi connectivity index (χ0) is 18.8. The summed E-state index contributed by atoms with van der Waals surface area (Å²) in [5.41, 5.74) is 8.47. The summed E-state index contributed by atoms with van der Waals surface area (Å²) in [7, 11) is 0. The number of aldehydes is 1. The molecule has 3 nitrogen and oxygen atoms in total. The lowest BCUT2D eigenvalue weighted by Crippen LogP contribution is -2.47. The topological polar surface area (TPSA) is 23.6 Å². The third-order valence-electron chi connectivity index (χ3n) is 5.79. The van der Waals surface area contributed by atoms with Crippen LogP contribution in [0.15, 0.2) is 30.3 Å². The summed E-state index contributed by atoms with van der Waals surface area (Å²) < 4.78 is 0. The van der Waals surface area contributed by atoms with E-state index in [1.165, 1.54) is 27.9 Å². The van der Waals surface area contributed by atoms with E-state index in [0.29, 0.717) is 6.04 Å². The molecule has 1 fully saturated rings. The molecule has 1 aliphatic rings. The number of piperazine rings is 1. The molecule has 0 unspecified atom stereocenters. The summed E-state index contributed by atoms with van der Waals surface area (Å²) in [4.78, 5) is 16.2. The highest BCUT2D eigenvalue weighted by Crippen LogP contribution is 2.29. The standard InChI is InChI=1S/C23H30N2O/c1-16-6-7-22(18(3)12-16)20(5)24-8-10-25(11-9-24)23-14-17(2)21(15-26)13-19(23)4/h6-7,12-15,20H,8-11H2,1-5H3/t20-/m0/s1. The van der Waals surface area contributed by atoms with Crippen molar-refractivity contribution in [1.82, 2.24) is 4.90 Å². The molecule has 3 heteroatoms. The highest BCUT2D eigenvalue weighted by atomic mass is 16.1. The fourth-order valence-electron chi connectivity index (χ4n) is 4.13. The molecule has 0 aliphatic carbocycles. The van der Waals surface area contributed by atoms with Gasteiger partial charge < -0.3 is 4.90 Å². The van der Waals surface area contributed by atoms with E-state index in [0.717, 1.165) is 43.6 Å². The van der Waals surface area contributed by atoms with Crippen molar-refractivity contribution in [2.45, 2.75) is 40.7 Å². The van der Waals surface area contributed by atoms with Gasteiger partial charge in [-0.15, -0.1) is 0 Å². The van der Waals surface area contributed by atoms with Crippen LogP contribution in [0.4, 0.5) is 5.69 Å². The summed E-state index contributed by atoms with van der Waals surface area (Å²) in [5, 5.41) is 0. The molecule has 0 amide bonds. The van der Waals surface area contributed by atoms with Crippen molar-refractivity contribution in [2.75, 3.05) is 31.1 Å². The van der Waals surface area contributed by atoms with E-state index < -0.39 is 0 Å². The molecule has 0 saturated carbocycles. The minimum atomic E-state index is 0.443. The molecule has 138 valence electrons. The molecular weight excluding hydrogens is 320 g/mol. The van der Waals surface area contributed by atoms with Crippen LogP contribution >= 0.6 is 0 Å². The maximum Gasteiger partial charge on any atom is 0.150 e. The normalized spacial score (nSPS) is 16.6. The summed E-state index contributed by atoms with van der Waals surface area (Å²) >= 11 is 0. The zero-order valence-electron chi connectivity index (χ0n) is 16.7. The Kier molecular flexibility index (Phi) is 5.47. The van der Waals surface area contributed by atoms with E-state index in [1.807, 2.05) is 13.0 Å². The van der Waals surface area contributed by atoms with Gasteiger partial charge in [-0.3, -0.25) is 9.69 Å². The monoisotopic (exact) mass is 350 g/mol. The number of anilines is 1. The second-order valence-electron chi connectivity index (χ2n) is 7.67. The number of hydrogen-bond donors (Lipinski definition) is 0. The van der Waals surface area contributed by atoms with Crippen molar-refractivity contribution in [3.05, 3.63) is 63.7 Å². The minimum Gasteiger partial charge on any atom is -0.369 e. The van der Waals surface area contributed by atoms with Gasteiger partial charge in [0.25, 0.3) is 0 Å². The third-order valence-corrected chi connectivity index (χ3v) is 5.79. The van der Waals surface area contributed by atoms with Gasteiger partial charge in [0, 0.05) is 43.5 Å². The molecule has 2 aromatic rings. The van der Waals surface area contributed by atoms with Gasteiger partial charge in [-0.25, -0.2) is 0 Å². The number of nitrogens with zero attached hydrogens (tertiary/aromatic N) is 2. The first-order chi connectivity index (χ1) is 12.4. The Balaban J connectivity index is 1.71. The average Bonchev–Trinajstić information content (AvgIpc) is 2.63. The van der Waals surface area contributed by atoms with E-state index in [2.05, 4.69) is 61.8 Å². The number of hydrogen-bond acceptors (Lipinski definition) is 3. The highest BCUT2D eigenvalue weighted by Gasteiger charge is 2.24. The van der Waals surface area contributed by atoms with Crippen LogP contribution in [-0.2, 0) is 0 Å². The number of aryl methyl sites for hydroxylation is 4.